The molecule has 0 saturated carbocycles. The number of benzene rings is 2. The van der Waals surface area contributed by atoms with Crippen LogP contribution in [0.5, 0.6) is 5.75 Å². The predicted molar refractivity (Wildman–Crippen MR) is 131 cm³/mol. The van der Waals surface area contributed by atoms with Crippen molar-refractivity contribution in [2.75, 3.05) is 43.0 Å². The van der Waals surface area contributed by atoms with Gasteiger partial charge in [-0.15, -0.1) is 0 Å². The van der Waals surface area contributed by atoms with Gasteiger partial charge in [0.1, 0.15) is 5.75 Å². The summed E-state index contributed by atoms with van der Waals surface area (Å²) in [6, 6.07) is 17.0. The minimum atomic E-state index is -0.326. The molecular formula is C24H30N4O3S. The molecule has 0 bridgehead atoms. The molecule has 2 aromatic rings. The van der Waals surface area contributed by atoms with E-state index in [4.69, 9.17) is 17.0 Å². The first kappa shape index (κ1) is 23.5. The van der Waals surface area contributed by atoms with Crippen molar-refractivity contribution < 1.29 is 14.3 Å². The lowest BCUT2D eigenvalue weighted by molar-refractivity contribution is -0.132. The SMILES string of the molecule is CC(C)CC(=O)N1CCN(c2ccc(NC(=S)NC(=O)COc3ccccc3)cc2)CC1. The number of hydrogen-bond donors (Lipinski definition) is 2. The van der Waals surface area contributed by atoms with Gasteiger partial charge < -0.3 is 19.9 Å². The number of para-hydroxylation sites is 1. The summed E-state index contributed by atoms with van der Waals surface area (Å²) in [7, 11) is 0. The Hall–Kier alpha value is -3.13. The van der Waals surface area contributed by atoms with Crippen molar-refractivity contribution >= 4 is 40.5 Å². The third kappa shape index (κ3) is 7.23. The van der Waals surface area contributed by atoms with Gasteiger partial charge in [-0.3, -0.25) is 14.9 Å². The summed E-state index contributed by atoms with van der Waals surface area (Å²) in [6.07, 6.45) is 0.606. The molecule has 0 unspecified atom stereocenters. The maximum Gasteiger partial charge on any atom is 0.264 e. The Balaban J connectivity index is 1.42. The molecule has 1 fully saturated rings. The van der Waals surface area contributed by atoms with E-state index in [1.54, 1.807) is 12.1 Å². The van der Waals surface area contributed by atoms with Gasteiger partial charge >= 0.3 is 0 Å². The Bertz CT molecular complexity index is 911. The second-order valence-electron chi connectivity index (χ2n) is 8.12. The third-order valence-electron chi connectivity index (χ3n) is 5.07. The highest BCUT2D eigenvalue weighted by molar-refractivity contribution is 7.80. The standard InChI is InChI=1S/C24H30N4O3S/c1-18(2)16-23(30)28-14-12-27(13-15-28)20-10-8-19(9-11-20)25-24(32)26-22(29)17-31-21-6-4-3-5-7-21/h3-11,18H,12-17H2,1-2H3,(H2,25,26,29,32). The summed E-state index contributed by atoms with van der Waals surface area (Å²) in [5, 5.41) is 5.85. The molecule has 0 radical (unpaired) electrons. The van der Waals surface area contributed by atoms with Gasteiger partial charge in [0.15, 0.2) is 11.7 Å². The molecule has 2 amide bonds. The van der Waals surface area contributed by atoms with E-state index in [1.165, 1.54) is 0 Å². The van der Waals surface area contributed by atoms with E-state index in [0.717, 1.165) is 37.6 Å². The number of carbonyl (C=O) groups is 2. The zero-order valence-electron chi connectivity index (χ0n) is 18.5. The molecule has 0 aliphatic carbocycles. The van der Waals surface area contributed by atoms with Crippen LogP contribution in [0.3, 0.4) is 0 Å². The second kappa shape index (κ2) is 11.5. The molecule has 8 heteroatoms. The van der Waals surface area contributed by atoms with E-state index in [2.05, 4.69) is 29.4 Å². The number of anilines is 2. The number of amides is 2. The number of carbonyl (C=O) groups excluding carboxylic acids is 2. The smallest absolute Gasteiger partial charge is 0.264 e. The lowest BCUT2D eigenvalue weighted by Gasteiger charge is -2.36. The summed E-state index contributed by atoms with van der Waals surface area (Å²) in [6.45, 7) is 7.13. The average molecular weight is 455 g/mol. The minimum absolute atomic E-state index is 0.115. The molecule has 0 aromatic heterocycles. The molecule has 3 rings (SSSR count). The van der Waals surface area contributed by atoms with Gasteiger partial charge in [0.05, 0.1) is 0 Å². The summed E-state index contributed by atoms with van der Waals surface area (Å²) >= 11 is 5.22. The van der Waals surface area contributed by atoms with E-state index in [0.29, 0.717) is 18.1 Å². The molecule has 1 aliphatic heterocycles. The van der Waals surface area contributed by atoms with Crippen LogP contribution in [0.2, 0.25) is 0 Å². The fourth-order valence-corrected chi connectivity index (χ4v) is 3.67. The topological polar surface area (TPSA) is 73.9 Å². The second-order valence-corrected chi connectivity index (χ2v) is 8.52. The maximum absolute atomic E-state index is 12.2. The molecule has 1 heterocycles. The number of thiocarbonyl (C=S) groups is 1. The predicted octanol–water partition coefficient (Wildman–Crippen LogP) is 3.27. The largest absolute Gasteiger partial charge is 0.484 e. The fourth-order valence-electron chi connectivity index (χ4n) is 3.44. The van der Waals surface area contributed by atoms with Gasteiger partial charge in [-0.25, -0.2) is 0 Å². The van der Waals surface area contributed by atoms with Crippen molar-refractivity contribution in [3.8, 4) is 5.75 Å². The van der Waals surface area contributed by atoms with Gasteiger partial charge in [-0.05, 0) is 54.5 Å². The fraction of sp³-hybridized carbons (Fsp3) is 0.375. The van der Waals surface area contributed by atoms with Crippen LogP contribution in [-0.2, 0) is 9.59 Å². The summed E-state index contributed by atoms with van der Waals surface area (Å²) in [5.74, 6) is 0.923. The molecular weight excluding hydrogens is 424 g/mol. The van der Waals surface area contributed by atoms with Crippen molar-refractivity contribution in [1.29, 1.82) is 0 Å². The number of nitrogens with one attached hydrogen (secondary N) is 2. The van der Waals surface area contributed by atoms with Crippen molar-refractivity contribution in [3.05, 3.63) is 54.6 Å². The normalized spacial score (nSPS) is 13.6. The molecule has 1 saturated heterocycles. The van der Waals surface area contributed by atoms with Gasteiger partial charge in [0.2, 0.25) is 5.91 Å². The summed E-state index contributed by atoms with van der Waals surface area (Å²) < 4.78 is 5.41. The van der Waals surface area contributed by atoms with Gasteiger partial charge in [0.25, 0.3) is 5.91 Å². The molecule has 2 aromatic carbocycles. The van der Waals surface area contributed by atoms with Gasteiger partial charge in [-0.1, -0.05) is 32.0 Å². The molecule has 0 atom stereocenters. The van der Waals surface area contributed by atoms with Crippen LogP contribution >= 0.6 is 12.2 Å². The van der Waals surface area contributed by atoms with Crippen molar-refractivity contribution in [1.82, 2.24) is 10.2 Å². The highest BCUT2D eigenvalue weighted by atomic mass is 32.1. The number of rotatable bonds is 7. The minimum Gasteiger partial charge on any atom is -0.484 e. The van der Waals surface area contributed by atoms with E-state index in [-0.39, 0.29) is 23.5 Å². The molecule has 7 nitrogen and oxygen atoms in total. The monoisotopic (exact) mass is 454 g/mol. The van der Waals surface area contributed by atoms with Gasteiger partial charge in [0, 0.05) is 44.0 Å². The summed E-state index contributed by atoms with van der Waals surface area (Å²) in [5.41, 5.74) is 1.88. The Morgan fingerprint density at radius 3 is 2.28 bits per heavy atom. The van der Waals surface area contributed by atoms with Crippen LogP contribution in [0.1, 0.15) is 20.3 Å². The van der Waals surface area contributed by atoms with Crippen LogP contribution in [-0.4, -0.2) is 54.6 Å². The Morgan fingerprint density at radius 1 is 1.00 bits per heavy atom. The molecule has 1 aliphatic rings. The molecule has 0 spiro atoms. The number of hydrogen-bond acceptors (Lipinski definition) is 5. The van der Waals surface area contributed by atoms with E-state index in [9.17, 15) is 9.59 Å². The van der Waals surface area contributed by atoms with E-state index < -0.39 is 0 Å². The van der Waals surface area contributed by atoms with Crippen molar-refractivity contribution in [2.45, 2.75) is 20.3 Å². The molecule has 170 valence electrons. The average Bonchev–Trinajstić information content (AvgIpc) is 2.78. The first-order valence-electron chi connectivity index (χ1n) is 10.8. The maximum atomic E-state index is 12.2. The van der Waals surface area contributed by atoms with Crippen LogP contribution in [0, 0.1) is 5.92 Å². The van der Waals surface area contributed by atoms with Crippen LogP contribution in [0.25, 0.3) is 0 Å². The lowest BCUT2D eigenvalue weighted by Crippen LogP contribution is -2.49. The van der Waals surface area contributed by atoms with Crippen molar-refractivity contribution in [3.63, 3.8) is 0 Å². The zero-order valence-corrected chi connectivity index (χ0v) is 19.4. The Kier molecular flexibility index (Phi) is 8.44. The molecule has 2 N–H and O–H groups in total. The van der Waals surface area contributed by atoms with E-state index in [1.807, 2.05) is 47.4 Å². The molecule has 32 heavy (non-hydrogen) atoms. The third-order valence-corrected chi connectivity index (χ3v) is 5.28. The highest BCUT2D eigenvalue weighted by Gasteiger charge is 2.21. The Morgan fingerprint density at radius 2 is 1.66 bits per heavy atom. The number of ether oxygens (including phenoxy) is 1. The number of nitrogens with zero attached hydrogens (tertiary/aromatic N) is 2. The van der Waals surface area contributed by atoms with Crippen LogP contribution in [0.15, 0.2) is 54.6 Å². The highest BCUT2D eigenvalue weighted by Crippen LogP contribution is 2.20. The van der Waals surface area contributed by atoms with Crippen molar-refractivity contribution in [2.24, 2.45) is 5.92 Å². The van der Waals surface area contributed by atoms with Crippen LogP contribution in [0.4, 0.5) is 11.4 Å². The lowest BCUT2D eigenvalue weighted by atomic mass is 10.1. The van der Waals surface area contributed by atoms with Gasteiger partial charge in [-0.2, -0.15) is 0 Å². The van der Waals surface area contributed by atoms with Crippen LogP contribution < -0.4 is 20.3 Å². The first-order chi connectivity index (χ1) is 15.4. The Labute approximate surface area is 194 Å². The number of piperazine rings is 1. The summed E-state index contributed by atoms with van der Waals surface area (Å²) in [4.78, 5) is 28.5. The van der Waals surface area contributed by atoms with E-state index >= 15 is 0 Å². The quantitative estimate of drug-likeness (QED) is 0.626. The zero-order chi connectivity index (χ0) is 22.9. The first-order valence-corrected chi connectivity index (χ1v) is 11.2.